The van der Waals surface area contributed by atoms with Gasteiger partial charge >= 0.3 is 0 Å². The molecule has 0 heterocycles. The largest absolute Gasteiger partial charge is 0.491 e. The van der Waals surface area contributed by atoms with Gasteiger partial charge in [-0.15, -0.1) is 0 Å². The van der Waals surface area contributed by atoms with Crippen LogP contribution in [0.4, 0.5) is 0 Å². The first-order chi connectivity index (χ1) is 16.3. The predicted octanol–water partition coefficient (Wildman–Crippen LogP) is 3.20. The Kier molecular flexibility index (Phi) is 12.0. The quantitative estimate of drug-likeness (QED) is 0.221. The van der Waals surface area contributed by atoms with Crippen LogP contribution in [0.2, 0.25) is 0 Å². The summed E-state index contributed by atoms with van der Waals surface area (Å²) in [6.07, 6.45) is 2.03. The van der Waals surface area contributed by atoms with Crippen molar-refractivity contribution in [2.24, 2.45) is 0 Å². The molecule has 0 saturated carbocycles. The monoisotopic (exact) mass is 500 g/mol. The third-order valence-corrected chi connectivity index (χ3v) is 5.83. The summed E-state index contributed by atoms with van der Waals surface area (Å²) in [5, 5.41) is 21.1. The number of hydrogen-bond acceptors (Lipinski definition) is 8. The molecule has 9 nitrogen and oxygen atoms in total. The normalized spacial score (nSPS) is 13.7. The van der Waals surface area contributed by atoms with Gasteiger partial charge in [-0.05, 0) is 42.5 Å². The fourth-order valence-corrected chi connectivity index (χ4v) is 3.74. The smallest absolute Gasteiger partial charge is 0.298 e. The van der Waals surface area contributed by atoms with Crippen molar-refractivity contribution >= 4 is 20.9 Å². The van der Waals surface area contributed by atoms with Gasteiger partial charge in [0.15, 0.2) is 0 Å². The molecule has 3 N–H and O–H groups in total. The van der Waals surface area contributed by atoms with Gasteiger partial charge in [0.05, 0.1) is 13.2 Å². The lowest BCUT2D eigenvalue weighted by atomic mass is 10.1. The van der Waals surface area contributed by atoms with E-state index in [1.54, 1.807) is 18.2 Å². The number of hydrogen-bond donors (Lipinski definition) is 3. The SMILES string of the molecule is CCCCOCC(O)COc1ccc2c(OCC(O)COCCCC)c(S(=O)(=O)O)ccc2c1. The molecular formula is C24H36O9S. The maximum atomic E-state index is 11.9. The van der Waals surface area contributed by atoms with E-state index in [4.69, 9.17) is 18.9 Å². The van der Waals surface area contributed by atoms with Gasteiger partial charge in [0, 0.05) is 18.6 Å². The summed E-state index contributed by atoms with van der Waals surface area (Å²) in [5.74, 6) is 0.401. The van der Waals surface area contributed by atoms with Crippen LogP contribution in [-0.4, -0.2) is 75.0 Å². The fourth-order valence-electron chi connectivity index (χ4n) is 3.10. The van der Waals surface area contributed by atoms with Crippen molar-refractivity contribution in [2.45, 2.75) is 56.6 Å². The molecule has 2 atom stereocenters. The second-order valence-corrected chi connectivity index (χ2v) is 9.43. The average Bonchev–Trinajstić information content (AvgIpc) is 2.80. The van der Waals surface area contributed by atoms with Crippen LogP contribution in [0.15, 0.2) is 35.2 Å². The number of ether oxygens (including phenoxy) is 4. The van der Waals surface area contributed by atoms with Gasteiger partial charge in [-0.3, -0.25) is 4.55 Å². The van der Waals surface area contributed by atoms with E-state index in [-0.39, 0.29) is 32.2 Å². The van der Waals surface area contributed by atoms with Gasteiger partial charge in [-0.1, -0.05) is 32.8 Å². The number of fused-ring (bicyclic) bond motifs is 1. The first kappa shape index (κ1) is 28.3. The highest BCUT2D eigenvalue weighted by Gasteiger charge is 2.21. The molecule has 0 spiro atoms. The molecule has 0 radical (unpaired) electrons. The second-order valence-electron chi connectivity index (χ2n) is 8.04. The van der Waals surface area contributed by atoms with Crippen molar-refractivity contribution in [1.82, 2.24) is 0 Å². The molecule has 0 amide bonds. The van der Waals surface area contributed by atoms with E-state index in [1.165, 1.54) is 12.1 Å². The Balaban J connectivity index is 2.10. The highest BCUT2D eigenvalue weighted by Crippen LogP contribution is 2.35. The molecule has 0 aliphatic heterocycles. The van der Waals surface area contributed by atoms with Crippen LogP contribution in [0, 0.1) is 0 Å². The summed E-state index contributed by atoms with van der Waals surface area (Å²) >= 11 is 0. The predicted molar refractivity (Wildman–Crippen MR) is 128 cm³/mol. The number of unbranched alkanes of at least 4 members (excludes halogenated alkanes) is 2. The van der Waals surface area contributed by atoms with Crippen molar-refractivity contribution in [3.8, 4) is 11.5 Å². The van der Waals surface area contributed by atoms with Crippen LogP contribution in [0.25, 0.3) is 10.8 Å². The second kappa shape index (κ2) is 14.4. The summed E-state index contributed by atoms with van der Waals surface area (Å²) < 4.78 is 55.4. The Morgan fingerprint density at radius 2 is 1.41 bits per heavy atom. The van der Waals surface area contributed by atoms with Gasteiger partial charge in [0.25, 0.3) is 10.1 Å². The van der Waals surface area contributed by atoms with Crippen molar-refractivity contribution in [3.63, 3.8) is 0 Å². The first-order valence-corrected chi connectivity index (χ1v) is 13.0. The molecule has 0 fully saturated rings. The number of rotatable bonds is 17. The molecular weight excluding hydrogens is 464 g/mol. The van der Waals surface area contributed by atoms with Crippen molar-refractivity contribution in [2.75, 3.05) is 39.6 Å². The minimum Gasteiger partial charge on any atom is -0.491 e. The van der Waals surface area contributed by atoms with Crippen LogP contribution in [0.1, 0.15) is 39.5 Å². The Labute approximate surface area is 201 Å². The number of benzene rings is 2. The summed E-state index contributed by atoms with van der Waals surface area (Å²) in [6.45, 7) is 5.24. The number of aliphatic hydroxyl groups is 2. The molecule has 0 saturated heterocycles. The molecule has 2 aromatic carbocycles. The Bertz CT molecular complexity index is 978. The van der Waals surface area contributed by atoms with E-state index in [0.717, 1.165) is 25.7 Å². The van der Waals surface area contributed by atoms with Gasteiger partial charge < -0.3 is 29.2 Å². The molecule has 0 aliphatic carbocycles. The van der Waals surface area contributed by atoms with Gasteiger partial charge in [-0.2, -0.15) is 8.42 Å². The van der Waals surface area contributed by atoms with Crippen molar-refractivity contribution in [1.29, 1.82) is 0 Å². The summed E-state index contributed by atoms with van der Waals surface area (Å²) in [7, 11) is -4.56. The van der Waals surface area contributed by atoms with E-state index in [9.17, 15) is 23.2 Å². The maximum absolute atomic E-state index is 11.9. The fraction of sp³-hybridized carbons (Fsp3) is 0.583. The average molecular weight is 501 g/mol. The van der Waals surface area contributed by atoms with Crippen LogP contribution in [-0.2, 0) is 19.6 Å². The third-order valence-electron chi connectivity index (χ3n) is 4.95. The molecule has 0 aliphatic rings. The van der Waals surface area contributed by atoms with Crippen molar-refractivity contribution < 1.29 is 42.1 Å². The van der Waals surface area contributed by atoms with Crippen LogP contribution in [0.5, 0.6) is 11.5 Å². The van der Waals surface area contributed by atoms with Gasteiger partial charge in [0.2, 0.25) is 0 Å². The maximum Gasteiger partial charge on any atom is 0.298 e. The zero-order valence-electron chi connectivity index (χ0n) is 19.8. The Morgan fingerprint density at radius 1 is 0.824 bits per heavy atom. The van der Waals surface area contributed by atoms with E-state index >= 15 is 0 Å². The summed E-state index contributed by atoms with van der Waals surface area (Å²) in [4.78, 5) is -0.396. The highest BCUT2D eigenvalue weighted by molar-refractivity contribution is 7.86. The van der Waals surface area contributed by atoms with Gasteiger partial charge in [0.1, 0.15) is 41.8 Å². The van der Waals surface area contributed by atoms with E-state index in [0.29, 0.717) is 29.7 Å². The van der Waals surface area contributed by atoms with Crippen LogP contribution < -0.4 is 9.47 Å². The third kappa shape index (κ3) is 9.36. The molecule has 2 rings (SSSR count). The molecule has 2 unspecified atom stereocenters. The molecule has 10 heteroatoms. The lowest BCUT2D eigenvalue weighted by Crippen LogP contribution is -2.24. The zero-order chi connectivity index (χ0) is 25.0. The van der Waals surface area contributed by atoms with E-state index in [2.05, 4.69) is 6.92 Å². The lowest BCUT2D eigenvalue weighted by molar-refractivity contribution is 0.0110. The summed E-state index contributed by atoms with van der Waals surface area (Å²) in [5.41, 5.74) is 0. The summed E-state index contributed by atoms with van der Waals surface area (Å²) in [6, 6.07) is 7.63. The first-order valence-electron chi connectivity index (χ1n) is 11.6. The minimum absolute atomic E-state index is 0.0360. The molecule has 0 aromatic heterocycles. The lowest BCUT2D eigenvalue weighted by Gasteiger charge is -2.17. The standard InChI is InChI=1S/C24H36O9S/c1-3-5-11-30-14-19(25)16-32-21-8-9-22-18(13-21)7-10-23(34(27,28)29)24(22)33-17-20(26)15-31-12-6-4-2/h7-10,13,19-20,25-26H,3-6,11-12,14-17H2,1-2H3,(H,27,28,29). The van der Waals surface area contributed by atoms with Crippen molar-refractivity contribution in [3.05, 3.63) is 30.3 Å². The molecule has 0 bridgehead atoms. The highest BCUT2D eigenvalue weighted by atomic mass is 32.2. The van der Waals surface area contributed by atoms with Crippen LogP contribution >= 0.6 is 0 Å². The zero-order valence-corrected chi connectivity index (χ0v) is 20.6. The Hall–Kier alpha value is -1.95. The number of aliphatic hydroxyl groups excluding tert-OH is 2. The minimum atomic E-state index is -4.56. The topological polar surface area (TPSA) is 132 Å². The molecule has 34 heavy (non-hydrogen) atoms. The van der Waals surface area contributed by atoms with Gasteiger partial charge in [-0.25, -0.2) is 0 Å². The van der Waals surface area contributed by atoms with Crippen LogP contribution in [0.3, 0.4) is 0 Å². The molecule has 192 valence electrons. The van der Waals surface area contributed by atoms with E-state index in [1.807, 2.05) is 6.92 Å². The molecule has 2 aromatic rings. The Morgan fingerprint density at radius 3 is 1.97 bits per heavy atom. The van der Waals surface area contributed by atoms with E-state index < -0.39 is 27.2 Å².